The van der Waals surface area contributed by atoms with E-state index in [1.165, 1.54) is 11.3 Å². The van der Waals surface area contributed by atoms with E-state index < -0.39 is 0 Å². The summed E-state index contributed by atoms with van der Waals surface area (Å²) in [4.78, 5) is 34.0. The molecule has 0 saturated heterocycles. The van der Waals surface area contributed by atoms with Gasteiger partial charge in [0.15, 0.2) is 0 Å². The maximum absolute atomic E-state index is 13.6. The van der Waals surface area contributed by atoms with E-state index in [0.29, 0.717) is 23.8 Å². The number of carbonyl (C=O) groups is 1. The molecule has 0 spiro atoms. The molecule has 0 aliphatic heterocycles. The summed E-state index contributed by atoms with van der Waals surface area (Å²) in [5.74, 6) is 0.613. The van der Waals surface area contributed by atoms with Gasteiger partial charge in [-0.25, -0.2) is 15.0 Å². The van der Waals surface area contributed by atoms with Gasteiger partial charge in [-0.1, -0.05) is 36.4 Å². The van der Waals surface area contributed by atoms with E-state index in [4.69, 9.17) is 0 Å². The molecule has 7 heteroatoms. The topological polar surface area (TPSA) is 71.9 Å². The van der Waals surface area contributed by atoms with Crippen molar-refractivity contribution in [2.75, 3.05) is 0 Å². The summed E-state index contributed by atoms with van der Waals surface area (Å²) in [6.45, 7) is 6.47. The molecule has 1 aromatic carbocycles. The normalized spacial score (nSPS) is 10.8. The van der Waals surface area contributed by atoms with Crippen LogP contribution in [-0.4, -0.2) is 30.7 Å². The summed E-state index contributed by atoms with van der Waals surface area (Å²) in [5, 5.41) is 0.882. The number of rotatable bonds is 6. The summed E-state index contributed by atoms with van der Waals surface area (Å²) < 4.78 is 0. The third-order valence-corrected chi connectivity index (χ3v) is 5.93. The first-order valence-corrected chi connectivity index (χ1v) is 10.8. The molecule has 0 unspecified atom stereocenters. The van der Waals surface area contributed by atoms with E-state index in [-0.39, 0.29) is 5.91 Å². The summed E-state index contributed by atoms with van der Waals surface area (Å²) in [6.07, 6.45) is 3.53. The standard InChI is InChI=1S/C24H23N5OS/c1-16-23(31-18(3)27-16)24(30)29(14-19-9-5-4-6-10-19)15-22-20(13-26-17(2)28-22)21-11-7-8-12-25-21/h4-13H,14-15H2,1-3H3. The number of carbonyl (C=O) groups excluding carboxylic acids is 1. The highest BCUT2D eigenvalue weighted by Gasteiger charge is 2.23. The molecular formula is C24H23N5OS. The number of pyridine rings is 1. The van der Waals surface area contributed by atoms with Gasteiger partial charge in [-0.15, -0.1) is 11.3 Å². The first kappa shape index (κ1) is 20.8. The largest absolute Gasteiger partial charge is 0.328 e. The van der Waals surface area contributed by atoms with Crippen LogP contribution in [0.5, 0.6) is 0 Å². The molecule has 4 aromatic rings. The van der Waals surface area contributed by atoms with Crippen LogP contribution >= 0.6 is 11.3 Å². The van der Waals surface area contributed by atoms with Gasteiger partial charge in [0.05, 0.1) is 28.6 Å². The lowest BCUT2D eigenvalue weighted by molar-refractivity contribution is 0.0732. The summed E-state index contributed by atoms with van der Waals surface area (Å²) in [6, 6.07) is 15.7. The van der Waals surface area contributed by atoms with Crippen LogP contribution in [0.3, 0.4) is 0 Å². The van der Waals surface area contributed by atoms with Crippen molar-refractivity contribution in [3.63, 3.8) is 0 Å². The van der Waals surface area contributed by atoms with Crippen LogP contribution in [0.25, 0.3) is 11.3 Å². The molecule has 0 radical (unpaired) electrons. The second kappa shape index (κ2) is 9.14. The van der Waals surface area contributed by atoms with Gasteiger partial charge < -0.3 is 4.90 Å². The molecule has 31 heavy (non-hydrogen) atoms. The number of amides is 1. The number of thiazole rings is 1. The van der Waals surface area contributed by atoms with E-state index in [1.807, 2.05) is 74.2 Å². The van der Waals surface area contributed by atoms with Crippen molar-refractivity contribution in [2.24, 2.45) is 0 Å². The number of aromatic nitrogens is 4. The predicted octanol–water partition coefficient (Wildman–Crippen LogP) is 4.76. The van der Waals surface area contributed by atoms with E-state index in [9.17, 15) is 4.79 Å². The smallest absolute Gasteiger partial charge is 0.266 e. The molecule has 156 valence electrons. The molecule has 3 heterocycles. The molecule has 0 fully saturated rings. The zero-order valence-corrected chi connectivity index (χ0v) is 18.6. The molecule has 0 bridgehead atoms. The van der Waals surface area contributed by atoms with Crippen molar-refractivity contribution in [3.8, 4) is 11.3 Å². The lowest BCUT2D eigenvalue weighted by atomic mass is 10.1. The molecule has 0 aliphatic carbocycles. The van der Waals surface area contributed by atoms with Gasteiger partial charge in [-0.2, -0.15) is 0 Å². The Bertz CT molecular complexity index is 1190. The Hall–Kier alpha value is -3.45. The van der Waals surface area contributed by atoms with E-state index >= 15 is 0 Å². The SMILES string of the molecule is Cc1ncc(-c2ccccn2)c(CN(Cc2ccccc2)C(=O)c2sc(C)nc2C)n1. The number of benzene rings is 1. The van der Waals surface area contributed by atoms with E-state index in [0.717, 1.165) is 33.2 Å². The average Bonchev–Trinajstić information content (AvgIpc) is 3.12. The van der Waals surface area contributed by atoms with Gasteiger partial charge in [0.1, 0.15) is 10.7 Å². The minimum absolute atomic E-state index is 0.0461. The van der Waals surface area contributed by atoms with Gasteiger partial charge in [-0.05, 0) is 38.5 Å². The van der Waals surface area contributed by atoms with Crippen LogP contribution in [0.1, 0.15) is 37.5 Å². The van der Waals surface area contributed by atoms with Crippen LogP contribution < -0.4 is 0 Å². The van der Waals surface area contributed by atoms with Crippen molar-refractivity contribution in [1.82, 2.24) is 24.8 Å². The van der Waals surface area contributed by atoms with Crippen LogP contribution in [0, 0.1) is 20.8 Å². The Kier molecular flexibility index (Phi) is 6.13. The molecule has 0 N–H and O–H groups in total. The fourth-order valence-corrected chi connectivity index (χ4v) is 4.32. The van der Waals surface area contributed by atoms with Gasteiger partial charge in [0.25, 0.3) is 5.91 Å². The fraction of sp³-hybridized carbons (Fsp3) is 0.208. The lowest BCUT2D eigenvalue weighted by Crippen LogP contribution is -2.31. The molecule has 3 aromatic heterocycles. The Morgan fingerprint density at radius 2 is 1.71 bits per heavy atom. The number of hydrogen-bond acceptors (Lipinski definition) is 6. The minimum Gasteiger partial charge on any atom is -0.328 e. The second-order valence-electron chi connectivity index (χ2n) is 7.29. The highest BCUT2D eigenvalue weighted by Crippen LogP contribution is 2.25. The Labute approximate surface area is 185 Å². The Morgan fingerprint density at radius 3 is 2.39 bits per heavy atom. The summed E-state index contributed by atoms with van der Waals surface area (Å²) >= 11 is 1.43. The predicted molar refractivity (Wildman–Crippen MR) is 122 cm³/mol. The summed E-state index contributed by atoms with van der Waals surface area (Å²) in [5.41, 5.74) is 4.20. The number of hydrogen-bond donors (Lipinski definition) is 0. The van der Waals surface area contributed by atoms with Crippen molar-refractivity contribution < 1.29 is 4.79 Å². The summed E-state index contributed by atoms with van der Waals surface area (Å²) in [7, 11) is 0. The van der Waals surface area contributed by atoms with Crippen LogP contribution in [0.2, 0.25) is 0 Å². The first-order valence-electron chi connectivity index (χ1n) is 10.0. The maximum Gasteiger partial charge on any atom is 0.266 e. The fourth-order valence-electron chi connectivity index (χ4n) is 3.43. The molecule has 0 aliphatic rings. The van der Waals surface area contributed by atoms with E-state index in [2.05, 4.69) is 19.9 Å². The lowest BCUT2D eigenvalue weighted by Gasteiger charge is -2.23. The molecule has 1 amide bonds. The van der Waals surface area contributed by atoms with Crippen molar-refractivity contribution in [1.29, 1.82) is 0 Å². The van der Waals surface area contributed by atoms with Crippen molar-refractivity contribution in [2.45, 2.75) is 33.9 Å². The highest BCUT2D eigenvalue weighted by molar-refractivity contribution is 7.13. The zero-order valence-electron chi connectivity index (χ0n) is 17.7. The highest BCUT2D eigenvalue weighted by atomic mass is 32.1. The molecular weight excluding hydrogens is 406 g/mol. The maximum atomic E-state index is 13.6. The van der Waals surface area contributed by atoms with Gasteiger partial charge in [0, 0.05) is 24.5 Å². The quantitative estimate of drug-likeness (QED) is 0.442. The van der Waals surface area contributed by atoms with Gasteiger partial charge in [-0.3, -0.25) is 9.78 Å². The van der Waals surface area contributed by atoms with Gasteiger partial charge >= 0.3 is 0 Å². The average molecular weight is 430 g/mol. The molecule has 4 rings (SSSR count). The third-order valence-electron chi connectivity index (χ3n) is 4.87. The molecule has 6 nitrogen and oxygen atoms in total. The van der Waals surface area contributed by atoms with Crippen LogP contribution in [0.15, 0.2) is 60.9 Å². The Morgan fingerprint density at radius 1 is 0.935 bits per heavy atom. The molecule has 0 saturated carbocycles. The van der Waals surface area contributed by atoms with Crippen molar-refractivity contribution >= 4 is 17.2 Å². The second-order valence-corrected chi connectivity index (χ2v) is 8.49. The van der Waals surface area contributed by atoms with Crippen molar-refractivity contribution in [3.05, 3.63) is 93.6 Å². The van der Waals surface area contributed by atoms with Crippen LogP contribution in [0.4, 0.5) is 0 Å². The zero-order chi connectivity index (χ0) is 21.8. The minimum atomic E-state index is -0.0461. The monoisotopic (exact) mass is 429 g/mol. The van der Waals surface area contributed by atoms with Gasteiger partial charge in [0.2, 0.25) is 0 Å². The van der Waals surface area contributed by atoms with Crippen LogP contribution in [-0.2, 0) is 13.1 Å². The third kappa shape index (κ3) is 4.83. The van der Waals surface area contributed by atoms with E-state index in [1.54, 1.807) is 12.4 Å². The Balaban J connectivity index is 1.74. The first-order chi connectivity index (χ1) is 15.0. The number of aryl methyl sites for hydroxylation is 3. The number of nitrogens with zero attached hydrogens (tertiary/aromatic N) is 5. The molecule has 0 atom stereocenters.